The molecule has 0 aromatic heterocycles. The van der Waals surface area contributed by atoms with Gasteiger partial charge < -0.3 is 4.74 Å². The number of esters is 1. The van der Waals surface area contributed by atoms with E-state index in [2.05, 4.69) is 12.6 Å². The van der Waals surface area contributed by atoms with E-state index in [9.17, 15) is 4.79 Å². The first-order chi connectivity index (χ1) is 4.29. The van der Waals surface area contributed by atoms with Crippen molar-refractivity contribution in [1.29, 1.82) is 0 Å². The third-order valence-electron chi connectivity index (χ3n) is 1.35. The van der Waals surface area contributed by atoms with E-state index < -0.39 is 0 Å². The molecule has 0 aliphatic carbocycles. The van der Waals surface area contributed by atoms with Gasteiger partial charge in [0, 0.05) is 6.42 Å². The van der Waals surface area contributed by atoms with Crippen LogP contribution in [0.1, 0.15) is 25.7 Å². The third kappa shape index (κ3) is 2.26. The highest BCUT2D eigenvalue weighted by Crippen LogP contribution is 2.15. The Labute approximate surface area is 60.0 Å². The Morgan fingerprint density at radius 3 is 3.11 bits per heavy atom. The van der Waals surface area contributed by atoms with Gasteiger partial charge in [0.25, 0.3) is 0 Å². The van der Waals surface area contributed by atoms with Crippen molar-refractivity contribution in [3.05, 3.63) is 0 Å². The summed E-state index contributed by atoms with van der Waals surface area (Å²) in [5.41, 5.74) is -0.153. The van der Waals surface area contributed by atoms with Crippen LogP contribution in [0.5, 0.6) is 0 Å². The lowest BCUT2D eigenvalue weighted by Crippen LogP contribution is -2.07. The van der Waals surface area contributed by atoms with E-state index >= 15 is 0 Å². The summed E-state index contributed by atoms with van der Waals surface area (Å²) in [6, 6.07) is 0. The van der Waals surface area contributed by atoms with Crippen molar-refractivity contribution in [2.45, 2.75) is 31.1 Å². The Kier molecular flexibility index (Phi) is 2.39. The molecule has 52 valence electrons. The van der Waals surface area contributed by atoms with Gasteiger partial charge in [-0.2, -0.15) is 0 Å². The van der Waals surface area contributed by atoms with E-state index in [4.69, 9.17) is 4.74 Å². The molecule has 1 fully saturated rings. The van der Waals surface area contributed by atoms with Gasteiger partial charge in [-0.1, -0.05) is 0 Å². The summed E-state index contributed by atoms with van der Waals surface area (Å²) in [5, 5.41) is 0. The smallest absolute Gasteiger partial charge is 0.306 e. The van der Waals surface area contributed by atoms with Crippen LogP contribution in [0.2, 0.25) is 0 Å². The highest BCUT2D eigenvalue weighted by atomic mass is 32.1. The minimum atomic E-state index is -0.153. The standard InChI is InChI=1S/C6H10O2S/c7-5-3-1-2-4-6(9)8-5/h6,9H,1-4H2. The van der Waals surface area contributed by atoms with Crippen LogP contribution in [0.3, 0.4) is 0 Å². The first kappa shape index (κ1) is 6.93. The number of cyclic esters (lactones) is 1. The van der Waals surface area contributed by atoms with Crippen LogP contribution in [0.25, 0.3) is 0 Å². The summed E-state index contributed by atoms with van der Waals surface area (Å²) >= 11 is 4.05. The highest BCUT2D eigenvalue weighted by molar-refractivity contribution is 7.80. The molecule has 0 radical (unpaired) electrons. The Balaban J connectivity index is 2.37. The van der Waals surface area contributed by atoms with Crippen LogP contribution in [-0.4, -0.2) is 11.4 Å². The topological polar surface area (TPSA) is 26.3 Å². The summed E-state index contributed by atoms with van der Waals surface area (Å²) < 4.78 is 4.84. The molecule has 0 aromatic rings. The van der Waals surface area contributed by atoms with Crippen molar-refractivity contribution in [2.75, 3.05) is 0 Å². The van der Waals surface area contributed by atoms with Gasteiger partial charge in [-0.05, 0) is 19.3 Å². The second-order valence-electron chi connectivity index (χ2n) is 2.19. The fourth-order valence-electron chi connectivity index (χ4n) is 0.858. The van der Waals surface area contributed by atoms with Gasteiger partial charge in [0.15, 0.2) is 0 Å². The third-order valence-corrected chi connectivity index (χ3v) is 1.71. The summed E-state index contributed by atoms with van der Waals surface area (Å²) in [4.78, 5) is 10.6. The molecule has 1 aliphatic rings. The number of ether oxygens (including phenoxy) is 1. The van der Waals surface area contributed by atoms with Gasteiger partial charge in [-0.15, -0.1) is 12.6 Å². The van der Waals surface area contributed by atoms with Crippen molar-refractivity contribution >= 4 is 18.6 Å². The van der Waals surface area contributed by atoms with Crippen LogP contribution in [-0.2, 0) is 9.53 Å². The molecule has 0 spiro atoms. The minimum Gasteiger partial charge on any atom is -0.452 e. The van der Waals surface area contributed by atoms with E-state index in [1.54, 1.807) is 0 Å². The van der Waals surface area contributed by atoms with Gasteiger partial charge >= 0.3 is 5.97 Å². The molecule has 2 nitrogen and oxygen atoms in total. The number of carbonyl (C=O) groups is 1. The molecule has 1 saturated heterocycles. The number of hydrogen-bond donors (Lipinski definition) is 1. The van der Waals surface area contributed by atoms with Crippen molar-refractivity contribution in [2.24, 2.45) is 0 Å². The van der Waals surface area contributed by atoms with Gasteiger partial charge in [0.2, 0.25) is 0 Å². The maximum absolute atomic E-state index is 10.6. The number of hydrogen-bond acceptors (Lipinski definition) is 3. The van der Waals surface area contributed by atoms with Crippen LogP contribution in [0.4, 0.5) is 0 Å². The average Bonchev–Trinajstić information content (AvgIpc) is 1.93. The van der Waals surface area contributed by atoms with E-state index in [-0.39, 0.29) is 11.4 Å². The van der Waals surface area contributed by atoms with Crippen molar-refractivity contribution < 1.29 is 9.53 Å². The second-order valence-corrected chi connectivity index (χ2v) is 2.77. The van der Waals surface area contributed by atoms with E-state index in [0.29, 0.717) is 6.42 Å². The Morgan fingerprint density at radius 2 is 2.33 bits per heavy atom. The first-order valence-electron chi connectivity index (χ1n) is 3.16. The molecule has 1 unspecified atom stereocenters. The fraction of sp³-hybridized carbons (Fsp3) is 0.833. The van der Waals surface area contributed by atoms with E-state index in [1.807, 2.05) is 0 Å². The molecule has 0 saturated carbocycles. The molecule has 0 amide bonds. The zero-order chi connectivity index (χ0) is 6.69. The molecule has 1 atom stereocenters. The summed E-state index contributed by atoms with van der Waals surface area (Å²) in [5.74, 6) is -0.104. The van der Waals surface area contributed by atoms with Crippen molar-refractivity contribution in [1.82, 2.24) is 0 Å². The number of thiol groups is 1. The molecule has 0 bridgehead atoms. The van der Waals surface area contributed by atoms with Crippen LogP contribution in [0.15, 0.2) is 0 Å². The van der Waals surface area contributed by atoms with Gasteiger partial charge in [-0.3, -0.25) is 4.79 Å². The van der Waals surface area contributed by atoms with Crippen molar-refractivity contribution in [3.63, 3.8) is 0 Å². The van der Waals surface area contributed by atoms with Gasteiger partial charge in [0.05, 0.1) is 0 Å². The summed E-state index contributed by atoms with van der Waals surface area (Å²) in [7, 11) is 0. The minimum absolute atomic E-state index is 0.104. The molecular weight excluding hydrogens is 136 g/mol. The van der Waals surface area contributed by atoms with E-state index in [1.165, 1.54) is 0 Å². The largest absolute Gasteiger partial charge is 0.452 e. The zero-order valence-electron chi connectivity index (χ0n) is 5.17. The normalized spacial score (nSPS) is 29.0. The predicted octanol–water partition coefficient (Wildman–Crippen LogP) is 1.36. The van der Waals surface area contributed by atoms with E-state index in [0.717, 1.165) is 19.3 Å². The Bertz CT molecular complexity index is 114. The monoisotopic (exact) mass is 146 g/mol. The van der Waals surface area contributed by atoms with Crippen molar-refractivity contribution in [3.8, 4) is 0 Å². The lowest BCUT2D eigenvalue weighted by Gasteiger charge is -2.05. The predicted molar refractivity (Wildman–Crippen MR) is 37.3 cm³/mol. The number of rotatable bonds is 0. The molecular formula is C6H10O2S. The fourth-order valence-corrected chi connectivity index (χ4v) is 1.16. The Hall–Kier alpha value is -0.180. The highest BCUT2D eigenvalue weighted by Gasteiger charge is 2.13. The molecule has 1 heterocycles. The maximum atomic E-state index is 10.6. The van der Waals surface area contributed by atoms with Crippen LogP contribution < -0.4 is 0 Å². The first-order valence-corrected chi connectivity index (χ1v) is 3.68. The lowest BCUT2D eigenvalue weighted by atomic mass is 10.2. The Morgan fingerprint density at radius 1 is 1.56 bits per heavy atom. The van der Waals surface area contributed by atoms with Crippen LogP contribution in [0, 0.1) is 0 Å². The molecule has 0 aromatic carbocycles. The SMILES string of the molecule is O=C1CCCCC(S)O1. The lowest BCUT2D eigenvalue weighted by molar-refractivity contribution is -0.144. The number of carbonyl (C=O) groups excluding carboxylic acids is 1. The van der Waals surface area contributed by atoms with Crippen LogP contribution >= 0.6 is 12.6 Å². The second kappa shape index (κ2) is 3.11. The van der Waals surface area contributed by atoms with Gasteiger partial charge in [-0.25, -0.2) is 0 Å². The molecule has 1 aliphatic heterocycles. The maximum Gasteiger partial charge on any atom is 0.306 e. The molecule has 3 heteroatoms. The zero-order valence-corrected chi connectivity index (χ0v) is 6.06. The molecule has 9 heavy (non-hydrogen) atoms. The summed E-state index contributed by atoms with van der Waals surface area (Å²) in [6.07, 6.45) is 3.47. The van der Waals surface area contributed by atoms with Gasteiger partial charge in [0.1, 0.15) is 5.44 Å². The quantitative estimate of drug-likeness (QED) is 0.412. The summed E-state index contributed by atoms with van der Waals surface area (Å²) in [6.45, 7) is 0. The molecule has 0 N–H and O–H groups in total. The molecule has 1 rings (SSSR count). The average molecular weight is 146 g/mol.